The molecule has 5 heteroatoms. The average molecular weight is 220 g/mol. The van der Waals surface area contributed by atoms with E-state index >= 15 is 0 Å². The number of benzene rings is 1. The van der Waals surface area contributed by atoms with Gasteiger partial charge in [-0.05, 0) is 13.0 Å². The third-order valence-corrected chi connectivity index (χ3v) is 2.38. The third-order valence-electron chi connectivity index (χ3n) is 2.38. The fourth-order valence-electron chi connectivity index (χ4n) is 1.68. The summed E-state index contributed by atoms with van der Waals surface area (Å²) in [5.74, 6) is -0.360. The smallest absolute Gasteiger partial charge is 0.235 e. The molecule has 1 aromatic heterocycles. The van der Waals surface area contributed by atoms with Gasteiger partial charge in [-0.3, -0.25) is 10.1 Å². The number of H-pyrrole nitrogens is 1. The Balaban J connectivity index is 2.65. The number of para-hydroxylation sites is 1. The highest BCUT2D eigenvalue weighted by Crippen LogP contribution is 2.25. The van der Waals surface area contributed by atoms with Crippen LogP contribution in [0.1, 0.15) is 11.3 Å². The minimum atomic E-state index is -0.544. The first-order valence-electron chi connectivity index (χ1n) is 4.68. The summed E-state index contributed by atoms with van der Waals surface area (Å²) in [5, 5.41) is 10.9. The van der Waals surface area contributed by atoms with Crippen molar-refractivity contribution >= 4 is 17.0 Å². The Bertz CT molecular complexity index is 587. The summed E-state index contributed by atoms with van der Waals surface area (Å²) < 4.78 is 13.4. The summed E-state index contributed by atoms with van der Waals surface area (Å²) in [4.78, 5) is 12.6. The summed E-state index contributed by atoms with van der Waals surface area (Å²) in [7, 11) is 0. The third kappa shape index (κ3) is 1.67. The second kappa shape index (κ2) is 3.77. The van der Waals surface area contributed by atoms with Gasteiger partial charge in [0.25, 0.3) is 0 Å². The molecule has 16 heavy (non-hydrogen) atoms. The van der Waals surface area contributed by atoms with Crippen molar-refractivity contribution in [2.75, 3.05) is 0 Å². The molecule has 0 saturated carbocycles. The molecule has 0 fully saturated rings. The minimum Gasteiger partial charge on any atom is -0.356 e. The van der Waals surface area contributed by atoms with Crippen molar-refractivity contribution in [3.8, 4) is 0 Å². The molecule has 0 aliphatic heterocycles. The highest BCUT2D eigenvalue weighted by Gasteiger charge is 2.09. The average Bonchev–Trinajstić information content (AvgIpc) is 2.53. The SMILES string of the molecule is Cc1[nH]c2c(F)cccc2c1/C=C/[N+](=O)[O-]. The Kier molecular flexibility index (Phi) is 2.44. The molecule has 2 aromatic rings. The molecule has 0 atom stereocenters. The Labute approximate surface area is 90.5 Å². The van der Waals surface area contributed by atoms with E-state index < -0.39 is 4.92 Å². The van der Waals surface area contributed by atoms with Gasteiger partial charge in [0.15, 0.2) is 0 Å². The van der Waals surface area contributed by atoms with E-state index in [0.717, 1.165) is 6.20 Å². The lowest BCUT2D eigenvalue weighted by atomic mass is 10.1. The van der Waals surface area contributed by atoms with Gasteiger partial charge in [0.2, 0.25) is 6.20 Å². The number of aryl methyl sites for hydroxylation is 1. The molecule has 1 aromatic carbocycles. The van der Waals surface area contributed by atoms with Gasteiger partial charge in [0, 0.05) is 22.7 Å². The molecule has 0 aliphatic rings. The fraction of sp³-hybridized carbons (Fsp3) is 0.0909. The number of halogens is 1. The number of fused-ring (bicyclic) bond motifs is 1. The standard InChI is InChI=1S/C11H9FN2O2/c1-7-8(5-6-14(15)16)9-3-2-4-10(12)11(9)13-7/h2-6,13H,1H3/b6-5+. The maximum Gasteiger partial charge on any atom is 0.235 e. The second-order valence-electron chi connectivity index (χ2n) is 3.43. The molecule has 0 spiro atoms. The molecule has 0 aliphatic carbocycles. The molecular formula is C11H9FN2O2. The molecular weight excluding hydrogens is 211 g/mol. The van der Waals surface area contributed by atoms with Crippen molar-refractivity contribution in [2.24, 2.45) is 0 Å². The summed E-state index contributed by atoms with van der Waals surface area (Å²) in [6.45, 7) is 1.75. The van der Waals surface area contributed by atoms with Crippen LogP contribution in [0, 0.1) is 22.9 Å². The predicted molar refractivity (Wildman–Crippen MR) is 59.0 cm³/mol. The highest BCUT2D eigenvalue weighted by molar-refractivity contribution is 5.90. The number of aromatic amines is 1. The predicted octanol–water partition coefficient (Wildman–Crippen LogP) is 2.86. The quantitative estimate of drug-likeness (QED) is 0.624. The zero-order valence-electron chi connectivity index (χ0n) is 8.53. The van der Waals surface area contributed by atoms with Crippen LogP contribution in [-0.4, -0.2) is 9.91 Å². The Morgan fingerprint density at radius 3 is 2.94 bits per heavy atom. The maximum atomic E-state index is 13.4. The van der Waals surface area contributed by atoms with Crippen molar-refractivity contribution in [1.29, 1.82) is 0 Å². The van der Waals surface area contributed by atoms with Crippen LogP contribution in [0.15, 0.2) is 24.4 Å². The van der Waals surface area contributed by atoms with Gasteiger partial charge >= 0.3 is 0 Å². The Morgan fingerprint density at radius 2 is 2.25 bits per heavy atom. The van der Waals surface area contributed by atoms with Crippen molar-refractivity contribution < 1.29 is 9.31 Å². The van der Waals surface area contributed by atoms with Crippen LogP contribution < -0.4 is 0 Å². The van der Waals surface area contributed by atoms with E-state index in [-0.39, 0.29) is 5.82 Å². The first-order chi connectivity index (χ1) is 7.59. The molecule has 4 nitrogen and oxygen atoms in total. The number of aromatic nitrogens is 1. The Hall–Kier alpha value is -2.17. The van der Waals surface area contributed by atoms with Gasteiger partial charge in [-0.15, -0.1) is 0 Å². The van der Waals surface area contributed by atoms with E-state index in [1.54, 1.807) is 19.1 Å². The van der Waals surface area contributed by atoms with E-state index in [0.29, 0.717) is 22.2 Å². The van der Waals surface area contributed by atoms with E-state index in [1.165, 1.54) is 12.1 Å². The van der Waals surface area contributed by atoms with E-state index in [1.807, 2.05) is 0 Å². The van der Waals surface area contributed by atoms with Crippen molar-refractivity contribution in [2.45, 2.75) is 6.92 Å². The molecule has 0 radical (unpaired) electrons. The van der Waals surface area contributed by atoms with Gasteiger partial charge in [-0.1, -0.05) is 12.1 Å². The van der Waals surface area contributed by atoms with Crippen LogP contribution in [0.5, 0.6) is 0 Å². The van der Waals surface area contributed by atoms with E-state index in [9.17, 15) is 14.5 Å². The van der Waals surface area contributed by atoms with E-state index in [2.05, 4.69) is 4.98 Å². The van der Waals surface area contributed by atoms with Crippen LogP contribution in [-0.2, 0) is 0 Å². The Morgan fingerprint density at radius 1 is 1.50 bits per heavy atom. The van der Waals surface area contributed by atoms with Crippen molar-refractivity contribution in [3.05, 3.63) is 51.6 Å². The van der Waals surface area contributed by atoms with Gasteiger partial charge < -0.3 is 4.98 Å². The van der Waals surface area contributed by atoms with Crippen LogP contribution in [0.2, 0.25) is 0 Å². The summed E-state index contributed by atoms with van der Waals surface area (Å²) in [6, 6.07) is 4.65. The van der Waals surface area contributed by atoms with E-state index in [4.69, 9.17) is 0 Å². The molecule has 0 saturated heterocycles. The number of nitrogens with one attached hydrogen (secondary N) is 1. The van der Waals surface area contributed by atoms with Crippen LogP contribution in [0.4, 0.5) is 4.39 Å². The van der Waals surface area contributed by atoms with Gasteiger partial charge in [0.1, 0.15) is 5.82 Å². The van der Waals surface area contributed by atoms with Gasteiger partial charge in [-0.2, -0.15) is 0 Å². The summed E-state index contributed by atoms with van der Waals surface area (Å²) >= 11 is 0. The zero-order chi connectivity index (χ0) is 11.7. The summed E-state index contributed by atoms with van der Waals surface area (Å²) in [5.41, 5.74) is 1.73. The van der Waals surface area contributed by atoms with Crippen LogP contribution >= 0.6 is 0 Å². The van der Waals surface area contributed by atoms with Gasteiger partial charge in [-0.25, -0.2) is 4.39 Å². The first kappa shape index (κ1) is 10.4. The van der Waals surface area contributed by atoms with Crippen LogP contribution in [0.25, 0.3) is 17.0 Å². The minimum absolute atomic E-state index is 0.360. The largest absolute Gasteiger partial charge is 0.356 e. The fourth-order valence-corrected chi connectivity index (χ4v) is 1.68. The number of nitro groups is 1. The second-order valence-corrected chi connectivity index (χ2v) is 3.43. The number of hydrogen-bond donors (Lipinski definition) is 1. The summed E-state index contributed by atoms with van der Waals surface area (Å²) in [6.07, 6.45) is 2.22. The molecule has 0 amide bonds. The molecule has 2 rings (SSSR count). The molecule has 0 unspecified atom stereocenters. The molecule has 1 heterocycles. The normalized spacial score (nSPS) is 11.4. The number of hydrogen-bond acceptors (Lipinski definition) is 2. The van der Waals surface area contributed by atoms with Gasteiger partial charge in [0.05, 0.1) is 10.4 Å². The van der Waals surface area contributed by atoms with Crippen LogP contribution in [0.3, 0.4) is 0 Å². The number of rotatable bonds is 2. The lowest BCUT2D eigenvalue weighted by molar-refractivity contribution is -0.400. The maximum absolute atomic E-state index is 13.4. The lowest BCUT2D eigenvalue weighted by Gasteiger charge is -1.92. The zero-order valence-corrected chi connectivity index (χ0v) is 8.53. The molecule has 0 bridgehead atoms. The monoisotopic (exact) mass is 220 g/mol. The topological polar surface area (TPSA) is 58.9 Å². The highest BCUT2D eigenvalue weighted by atomic mass is 19.1. The number of nitrogens with zero attached hydrogens (tertiary/aromatic N) is 1. The molecule has 82 valence electrons. The van der Waals surface area contributed by atoms with Crippen molar-refractivity contribution in [3.63, 3.8) is 0 Å². The molecule has 1 N–H and O–H groups in total. The lowest BCUT2D eigenvalue weighted by Crippen LogP contribution is -1.83. The van der Waals surface area contributed by atoms with Crippen molar-refractivity contribution in [1.82, 2.24) is 4.98 Å². The first-order valence-corrected chi connectivity index (χ1v) is 4.68.